The van der Waals surface area contributed by atoms with Gasteiger partial charge in [-0.15, -0.1) is 22.7 Å². The van der Waals surface area contributed by atoms with Crippen LogP contribution in [-0.2, 0) is 0 Å². The van der Waals surface area contributed by atoms with Crippen molar-refractivity contribution in [1.82, 2.24) is 43.6 Å². The second-order valence-electron chi connectivity index (χ2n) is 29.4. The summed E-state index contributed by atoms with van der Waals surface area (Å²) in [7, 11) is 0. The third-order valence-corrected chi connectivity index (χ3v) is 25.3. The number of aromatic nitrogens is 9. The molecular formula is C102H57N9O4S2. The van der Waals surface area contributed by atoms with Crippen molar-refractivity contribution in [2.24, 2.45) is 0 Å². The molecule has 12 heterocycles. The van der Waals surface area contributed by atoms with Crippen molar-refractivity contribution >= 4 is 217 Å². The van der Waals surface area contributed by atoms with Gasteiger partial charge < -0.3 is 17.7 Å². The molecule has 13 nitrogen and oxygen atoms in total. The number of rotatable bonds is 6. The van der Waals surface area contributed by atoms with Crippen LogP contribution in [0.15, 0.2) is 363 Å². The maximum Gasteiger partial charge on any atom is 0.236 e. The second kappa shape index (κ2) is 25.5. The Morgan fingerprint density at radius 3 is 0.966 bits per heavy atom. The van der Waals surface area contributed by atoms with Crippen LogP contribution in [0.4, 0.5) is 0 Å². The summed E-state index contributed by atoms with van der Waals surface area (Å²) in [6, 6.07) is 119. The first-order chi connectivity index (χ1) is 58.0. The van der Waals surface area contributed by atoms with Gasteiger partial charge in [0.1, 0.15) is 33.6 Å². The van der Waals surface area contributed by atoms with Crippen LogP contribution in [0.3, 0.4) is 0 Å². The molecule has 0 atom stereocenters. The van der Waals surface area contributed by atoms with E-state index in [0.717, 1.165) is 163 Å². The molecule has 0 spiro atoms. The molecule has 0 unspecified atom stereocenters. The molecule has 0 radical (unpaired) electrons. The molecule has 0 aliphatic heterocycles. The summed E-state index contributed by atoms with van der Waals surface area (Å²) in [6.07, 6.45) is 0. The van der Waals surface area contributed by atoms with Gasteiger partial charge in [-0.2, -0.15) is 0 Å². The third-order valence-electron chi connectivity index (χ3n) is 22.9. The Labute approximate surface area is 670 Å². The fourth-order valence-corrected chi connectivity index (χ4v) is 20.1. The predicted molar refractivity (Wildman–Crippen MR) is 480 cm³/mol. The van der Waals surface area contributed by atoms with E-state index in [1.165, 1.54) is 47.8 Å². The first-order valence-electron chi connectivity index (χ1n) is 38.8. The molecule has 117 heavy (non-hydrogen) atoms. The van der Waals surface area contributed by atoms with Gasteiger partial charge in [-0.1, -0.05) is 267 Å². The second-order valence-corrected chi connectivity index (χ2v) is 31.5. The molecule has 0 fully saturated rings. The van der Waals surface area contributed by atoms with Crippen molar-refractivity contribution in [2.75, 3.05) is 0 Å². The van der Waals surface area contributed by atoms with E-state index in [9.17, 15) is 0 Å². The zero-order valence-corrected chi connectivity index (χ0v) is 63.5. The highest BCUT2D eigenvalue weighted by Crippen LogP contribution is 2.48. The maximum absolute atomic E-state index is 6.70. The molecule has 15 heteroatoms. The first-order valence-corrected chi connectivity index (χ1v) is 40.4. The van der Waals surface area contributed by atoms with Crippen LogP contribution >= 0.6 is 22.7 Å². The van der Waals surface area contributed by atoms with Crippen LogP contribution < -0.4 is 0 Å². The van der Waals surface area contributed by atoms with Gasteiger partial charge in [-0.25, -0.2) is 29.9 Å². The Morgan fingerprint density at radius 2 is 0.496 bits per heavy atom. The standard InChI is InChI=1S/C34H19N3O2.2C34H19N3OS/c1-2-10-20(11-3-1)29-33-30(25-19-18-24-23-14-6-9-17-28(23)38-31(24)32(25)39-33)36-34(35-29)37-26-15-7-4-12-21(26)22-13-5-8-16-27(22)37;1-2-10-20(11-3-1)29-32-30(25-19-18-24-23-14-6-9-17-28(23)39-33(24)31(25)38-32)36-34(35-29)37-26-15-7-4-12-21(26)22-13-5-8-16-27(22)37;1-2-10-20(11-3-1)29-33-30(25-19-18-24-23-14-6-9-17-28(23)38-31(24)32(25)39-33)36-34(35-29)37-26-15-7-4-12-21(26)22-13-5-8-16-27(22)37/h3*1-19H. The minimum Gasteiger partial charge on any atom is -0.455 e. The zero-order chi connectivity index (χ0) is 76.5. The van der Waals surface area contributed by atoms with Crippen LogP contribution in [0.2, 0.25) is 0 Å². The lowest BCUT2D eigenvalue weighted by molar-refractivity contribution is 0.632. The summed E-state index contributed by atoms with van der Waals surface area (Å²) in [6.45, 7) is 0. The Bertz CT molecular complexity index is 7840. The molecular weight excluding hydrogens is 1480 g/mol. The minimum absolute atomic E-state index is 0.603. The SMILES string of the molecule is c1ccc(-c2nc(-n3c4ccccc4c4ccccc43)nc3c2oc2c3ccc3c4ccccc4oc32)cc1.c1ccc(-c2nc(-n3c4ccccc4c4ccccc43)nc3c2oc2c3ccc3c4ccccc4sc32)cc1.c1ccc(-c2nc(-n3c4ccccc4c4ccccc43)nc3c2sc2c3ccc3c4ccccc4oc32)cc1. The van der Waals surface area contributed by atoms with Crippen molar-refractivity contribution in [2.45, 2.75) is 0 Å². The quantitative estimate of drug-likeness (QED) is 0.158. The largest absolute Gasteiger partial charge is 0.455 e. The van der Waals surface area contributed by atoms with Crippen LogP contribution in [-0.4, -0.2) is 43.6 Å². The number of nitrogens with zero attached hydrogens (tertiary/aromatic N) is 9. The van der Waals surface area contributed by atoms with Crippen molar-refractivity contribution in [1.29, 1.82) is 0 Å². The van der Waals surface area contributed by atoms with Gasteiger partial charge in [0.2, 0.25) is 17.8 Å². The van der Waals surface area contributed by atoms with Gasteiger partial charge in [-0.3, -0.25) is 13.7 Å². The summed E-state index contributed by atoms with van der Waals surface area (Å²) in [5, 5.41) is 16.9. The molecule has 0 saturated heterocycles. The number of hydrogen-bond donors (Lipinski definition) is 0. The number of hydrogen-bond acceptors (Lipinski definition) is 12. The van der Waals surface area contributed by atoms with Gasteiger partial charge in [0.05, 0.1) is 63.8 Å². The molecule has 27 rings (SSSR count). The fraction of sp³-hybridized carbons (Fsp3) is 0. The van der Waals surface area contributed by atoms with E-state index in [1.807, 2.05) is 72.8 Å². The van der Waals surface area contributed by atoms with E-state index in [4.69, 9.17) is 47.6 Å². The van der Waals surface area contributed by atoms with E-state index >= 15 is 0 Å². The molecule has 0 aliphatic carbocycles. The number of benzene rings is 15. The summed E-state index contributed by atoms with van der Waals surface area (Å²) < 4.78 is 37.1. The number of furan rings is 4. The summed E-state index contributed by atoms with van der Waals surface area (Å²) in [5.74, 6) is 1.91. The average molecular weight is 1540 g/mol. The maximum atomic E-state index is 6.70. The fourth-order valence-electron chi connectivity index (χ4n) is 17.7. The molecule has 0 N–H and O–H groups in total. The molecule has 12 aromatic heterocycles. The van der Waals surface area contributed by atoms with E-state index in [0.29, 0.717) is 34.6 Å². The van der Waals surface area contributed by atoms with Crippen LogP contribution in [0, 0.1) is 0 Å². The Morgan fingerprint density at radius 1 is 0.188 bits per heavy atom. The zero-order valence-electron chi connectivity index (χ0n) is 61.9. The van der Waals surface area contributed by atoms with E-state index in [-0.39, 0.29) is 0 Å². The van der Waals surface area contributed by atoms with Crippen molar-refractivity contribution < 1.29 is 17.7 Å². The topological polar surface area (TPSA) is 145 Å². The Hall–Kier alpha value is -15.4. The normalized spacial score (nSPS) is 12.1. The van der Waals surface area contributed by atoms with E-state index in [2.05, 4.69) is 287 Å². The highest BCUT2D eigenvalue weighted by Gasteiger charge is 2.28. The molecule has 15 aromatic carbocycles. The van der Waals surface area contributed by atoms with Crippen molar-refractivity contribution in [3.63, 3.8) is 0 Å². The van der Waals surface area contributed by atoms with Crippen LogP contribution in [0.5, 0.6) is 0 Å². The number of fused-ring (bicyclic) bond motifs is 30. The average Bonchev–Trinajstić information content (AvgIpc) is 1.57. The Balaban J connectivity index is 0.0000000980. The summed E-state index contributed by atoms with van der Waals surface area (Å²) in [5.41, 5.74) is 20.8. The summed E-state index contributed by atoms with van der Waals surface area (Å²) >= 11 is 3.48. The van der Waals surface area contributed by atoms with Gasteiger partial charge in [0.15, 0.2) is 33.5 Å². The lowest BCUT2D eigenvalue weighted by atomic mass is 10.1. The van der Waals surface area contributed by atoms with Gasteiger partial charge in [0.25, 0.3) is 0 Å². The highest BCUT2D eigenvalue weighted by molar-refractivity contribution is 7.27. The summed E-state index contributed by atoms with van der Waals surface area (Å²) in [4.78, 5) is 31.3. The number of para-hydroxylation sites is 8. The molecule has 0 bridgehead atoms. The van der Waals surface area contributed by atoms with Gasteiger partial charge >= 0.3 is 0 Å². The third kappa shape index (κ3) is 9.88. The van der Waals surface area contributed by atoms with Crippen molar-refractivity contribution in [3.8, 4) is 51.6 Å². The first kappa shape index (κ1) is 65.2. The monoisotopic (exact) mass is 1540 g/mol. The molecule has 0 aliphatic rings. The van der Waals surface area contributed by atoms with E-state index in [1.54, 1.807) is 22.7 Å². The van der Waals surface area contributed by atoms with Gasteiger partial charge in [0, 0.05) is 96.8 Å². The highest BCUT2D eigenvalue weighted by atomic mass is 32.1. The smallest absolute Gasteiger partial charge is 0.236 e. The molecule has 27 aromatic rings. The predicted octanol–water partition coefficient (Wildman–Crippen LogP) is 28.1. The lowest BCUT2D eigenvalue weighted by Crippen LogP contribution is -2.02. The van der Waals surface area contributed by atoms with Crippen LogP contribution in [0.1, 0.15) is 0 Å². The minimum atomic E-state index is 0.603. The van der Waals surface area contributed by atoms with Crippen LogP contribution in [0.25, 0.3) is 246 Å². The molecule has 546 valence electrons. The van der Waals surface area contributed by atoms with E-state index < -0.39 is 0 Å². The molecule has 0 amide bonds. The van der Waals surface area contributed by atoms with Crippen molar-refractivity contribution in [3.05, 3.63) is 346 Å². The Kier molecular flexibility index (Phi) is 14.2. The lowest BCUT2D eigenvalue weighted by Gasteiger charge is -2.10. The number of thiophene rings is 2. The van der Waals surface area contributed by atoms with Gasteiger partial charge in [-0.05, 0) is 78.9 Å². The molecule has 0 saturated carbocycles.